The first-order valence-electron chi connectivity index (χ1n) is 10.2. The van der Waals surface area contributed by atoms with Gasteiger partial charge in [-0.3, -0.25) is 4.90 Å². The number of fused-ring (bicyclic) bond motifs is 1. The molecule has 4 rings (SSSR count). The summed E-state index contributed by atoms with van der Waals surface area (Å²) in [4.78, 5) is 12.1. The lowest BCUT2D eigenvalue weighted by Gasteiger charge is -2.34. The van der Waals surface area contributed by atoms with E-state index in [-0.39, 0.29) is 12.6 Å². The first-order chi connectivity index (χ1) is 12.8. The Bertz CT molecular complexity index is 729. The lowest BCUT2D eigenvalue weighted by atomic mass is 9.95. The van der Waals surface area contributed by atoms with Crippen LogP contribution >= 0.6 is 0 Å². The van der Waals surface area contributed by atoms with E-state index < -0.39 is 0 Å². The predicted molar refractivity (Wildman–Crippen MR) is 105 cm³/mol. The number of likely N-dealkylation sites (tertiary alicyclic amines) is 1. The maximum Gasteiger partial charge on any atom is 0.145 e. The molecule has 1 aromatic carbocycles. The summed E-state index contributed by atoms with van der Waals surface area (Å²) in [6, 6.07) is 9.06. The van der Waals surface area contributed by atoms with Crippen molar-refractivity contribution in [3.8, 4) is 0 Å². The van der Waals surface area contributed by atoms with Gasteiger partial charge in [-0.05, 0) is 44.4 Å². The van der Waals surface area contributed by atoms with Crippen molar-refractivity contribution in [1.29, 1.82) is 0 Å². The van der Waals surface area contributed by atoms with Crippen molar-refractivity contribution in [3.63, 3.8) is 0 Å². The van der Waals surface area contributed by atoms with Crippen LogP contribution in [0.5, 0.6) is 0 Å². The fourth-order valence-corrected chi connectivity index (χ4v) is 4.40. The van der Waals surface area contributed by atoms with Crippen LogP contribution in [0.4, 0.5) is 5.82 Å². The van der Waals surface area contributed by atoms with Crippen molar-refractivity contribution in [3.05, 3.63) is 30.1 Å². The summed E-state index contributed by atoms with van der Waals surface area (Å²) in [6.45, 7) is 1.96. The van der Waals surface area contributed by atoms with Gasteiger partial charge in [-0.25, -0.2) is 9.97 Å². The van der Waals surface area contributed by atoms with E-state index in [1.54, 1.807) is 0 Å². The van der Waals surface area contributed by atoms with E-state index in [9.17, 15) is 5.11 Å². The first kappa shape index (κ1) is 17.7. The standard InChI is InChI=1S/C21H30N4O/c26-15-17-10-6-7-13-25(17)14-20-23-19-12-5-4-11-18(19)21(24-20)22-16-8-2-1-3-9-16/h4-5,11-12,16-17,26H,1-3,6-10,13-15H2,(H,22,23,24). The average molecular weight is 354 g/mol. The third-order valence-corrected chi connectivity index (χ3v) is 5.90. The molecule has 5 heteroatoms. The molecule has 1 aliphatic heterocycles. The van der Waals surface area contributed by atoms with Gasteiger partial charge in [-0.1, -0.05) is 37.8 Å². The molecule has 2 N–H and O–H groups in total. The second-order valence-electron chi connectivity index (χ2n) is 7.79. The summed E-state index contributed by atoms with van der Waals surface area (Å²) in [5.74, 6) is 1.84. The fraction of sp³-hybridized carbons (Fsp3) is 0.619. The smallest absolute Gasteiger partial charge is 0.145 e. The van der Waals surface area contributed by atoms with Gasteiger partial charge in [0, 0.05) is 17.5 Å². The van der Waals surface area contributed by atoms with Crippen molar-refractivity contribution in [2.45, 2.75) is 70.0 Å². The molecule has 26 heavy (non-hydrogen) atoms. The van der Waals surface area contributed by atoms with Crippen LogP contribution in [0.25, 0.3) is 10.9 Å². The molecule has 1 aliphatic carbocycles. The minimum atomic E-state index is 0.223. The topological polar surface area (TPSA) is 61.3 Å². The van der Waals surface area contributed by atoms with Crippen molar-refractivity contribution in [2.24, 2.45) is 0 Å². The summed E-state index contributed by atoms with van der Waals surface area (Å²) >= 11 is 0. The predicted octanol–water partition coefficient (Wildman–Crippen LogP) is 3.72. The van der Waals surface area contributed by atoms with Gasteiger partial charge >= 0.3 is 0 Å². The summed E-state index contributed by atoms with van der Waals surface area (Å²) in [7, 11) is 0. The van der Waals surface area contributed by atoms with E-state index in [4.69, 9.17) is 9.97 Å². The van der Waals surface area contributed by atoms with Crippen LogP contribution < -0.4 is 5.32 Å². The summed E-state index contributed by atoms with van der Waals surface area (Å²) in [6.07, 6.45) is 9.88. The van der Waals surface area contributed by atoms with Crippen LogP contribution in [0.15, 0.2) is 24.3 Å². The number of anilines is 1. The zero-order chi connectivity index (χ0) is 17.8. The van der Waals surface area contributed by atoms with Gasteiger partial charge in [0.2, 0.25) is 0 Å². The number of aliphatic hydroxyl groups excluding tert-OH is 1. The highest BCUT2D eigenvalue weighted by atomic mass is 16.3. The number of piperidine rings is 1. The van der Waals surface area contributed by atoms with Crippen molar-refractivity contribution >= 4 is 16.7 Å². The Kier molecular flexibility index (Phi) is 5.65. The minimum absolute atomic E-state index is 0.223. The Morgan fingerprint density at radius 2 is 1.81 bits per heavy atom. The van der Waals surface area contributed by atoms with E-state index in [0.717, 1.165) is 42.1 Å². The number of hydrogen-bond acceptors (Lipinski definition) is 5. The maximum atomic E-state index is 9.69. The van der Waals surface area contributed by atoms with Crippen LogP contribution in [0.1, 0.15) is 57.2 Å². The molecule has 2 fully saturated rings. The van der Waals surface area contributed by atoms with Gasteiger partial charge in [0.1, 0.15) is 11.6 Å². The van der Waals surface area contributed by atoms with Gasteiger partial charge in [0.25, 0.3) is 0 Å². The minimum Gasteiger partial charge on any atom is -0.395 e. The van der Waals surface area contributed by atoms with Gasteiger partial charge in [-0.15, -0.1) is 0 Å². The molecule has 1 atom stereocenters. The third-order valence-electron chi connectivity index (χ3n) is 5.90. The molecule has 140 valence electrons. The molecule has 1 unspecified atom stereocenters. The van der Waals surface area contributed by atoms with Crippen molar-refractivity contribution in [1.82, 2.24) is 14.9 Å². The molecule has 0 bridgehead atoms. The van der Waals surface area contributed by atoms with Gasteiger partial charge in [0.05, 0.1) is 18.7 Å². The molecular weight excluding hydrogens is 324 g/mol. The molecule has 2 aromatic rings. The summed E-state index contributed by atoms with van der Waals surface area (Å²) in [5, 5.41) is 14.5. The van der Waals surface area contributed by atoms with Crippen LogP contribution in [-0.4, -0.2) is 45.2 Å². The Morgan fingerprint density at radius 3 is 2.65 bits per heavy atom. The zero-order valence-electron chi connectivity index (χ0n) is 15.5. The first-order valence-corrected chi connectivity index (χ1v) is 10.2. The number of para-hydroxylation sites is 1. The molecule has 0 spiro atoms. The van der Waals surface area contributed by atoms with Gasteiger partial charge in [0.15, 0.2) is 0 Å². The largest absolute Gasteiger partial charge is 0.395 e. The molecule has 0 radical (unpaired) electrons. The van der Waals surface area contributed by atoms with E-state index >= 15 is 0 Å². The highest BCUT2D eigenvalue weighted by molar-refractivity contribution is 5.89. The van der Waals surface area contributed by atoms with Crippen LogP contribution in [-0.2, 0) is 6.54 Å². The quantitative estimate of drug-likeness (QED) is 0.857. The molecule has 2 heterocycles. The molecule has 1 saturated carbocycles. The fourth-order valence-electron chi connectivity index (χ4n) is 4.40. The highest BCUT2D eigenvalue weighted by Gasteiger charge is 2.23. The number of aliphatic hydroxyl groups is 1. The molecule has 1 aromatic heterocycles. The van der Waals surface area contributed by atoms with Crippen LogP contribution in [0.2, 0.25) is 0 Å². The second-order valence-corrected chi connectivity index (χ2v) is 7.79. The molecule has 5 nitrogen and oxygen atoms in total. The number of aromatic nitrogens is 2. The van der Waals surface area contributed by atoms with Gasteiger partial charge in [-0.2, -0.15) is 0 Å². The molecule has 1 saturated heterocycles. The summed E-state index contributed by atoms with van der Waals surface area (Å²) in [5.41, 5.74) is 1.01. The Balaban J connectivity index is 1.60. The lowest BCUT2D eigenvalue weighted by molar-refractivity contribution is 0.0820. The third kappa shape index (κ3) is 3.99. The van der Waals surface area contributed by atoms with Crippen molar-refractivity contribution < 1.29 is 5.11 Å². The van der Waals surface area contributed by atoms with E-state index in [1.165, 1.54) is 44.9 Å². The Labute approximate surface area is 155 Å². The van der Waals surface area contributed by atoms with Crippen molar-refractivity contribution in [2.75, 3.05) is 18.5 Å². The molecule has 2 aliphatic rings. The number of nitrogens with one attached hydrogen (secondary N) is 1. The SMILES string of the molecule is OCC1CCCCN1Cc1nc(NC2CCCCC2)c2ccccc2n1. The van der Waals surface area contributed by atoms with Gasteiger partial charge < -0.3 is 10.4 Å². The number of benzene rings is 1. The monoisotopic (exact) mass is 354 g/mol. The number of nitrogens with zero attached hydrogens (tertiary/aromatic N) is 3. The second kappa shape index (κ2) is 8.31. The number of hydrogen-bond donors (Lipinski definition) is 2. The zero-order valence-corrected chi connectivity index (χ0v) is 15.5. The maximum absolute atomic E-state index is 9.69. The normalized spacial score (nSPS) is 22.6. The van der Waals surface area contributed by atoms with E-state index in [2.05, 4.69) is 28.4 Å². The summed E-state index contributed by atoms with van der Waals surface area (Å²) < 4.78 is 0. The average Bonchev–Trinajstić information content (AvgIpc) is 2.69. The van der Waals surface area contributed by atoms with E-state index in [0.29, 0.717) is 6.04 Å². The van der Waals surface area contributed by atoms with Crippen LogP contribution in [0, 0.1) is 0 Å². The number of rotatable bonds is 5. The lowest BCUT2D eigenvalue weighted by Crippen LogP contribution is -2.41. The molecule has 0 amide bonds. The molecular formula is C21H30N4O. The Morgan fingerprint density at radius 1 is 1.00 bits per heavy atom. The van der Waals surface area contributed by atoms with Crippen LogP contribution in [0.3, 0.4) is 0 Å². The van der Waals surface area contributed by atoms with E-state index in [1.807, 2.05) is 6.07 Å². The Hall–Kier alpha value is -1.72. The highest BCUT2D eigenvalue weighted by Crippen LogP contribution is 2.26.